The summed E-state index contributed by atoms with van der Waals surface area (Å²) in [5.41, 5.74) is 0.0628. The highest BCUT2D eigenvalue weighted by Crippen LogP contribution is 2.51. The lowest BCUT2D eigenvalue weighted by atomic mass is 9.63. The van der Waals surface area contributed by atoms with Crippen LogP contribution in [0.15, 0.2) is 126 Å². The van der Waals surface area contributed by atoms with Crippen LogP contribution in [0.4, 0.5) is 19.0 Å². The van der Waals surface area contributed by atoms with E-state index in [-0.39, 0.29) is 30.8 Å². The van der Waals surface area contributed by atoms with Crippen molar-refractivity contribution in [1.29, 1.82) is 0 Å². The Bertz CT molecular complexity index is 2290. The molecule has 4 aromatic carbocycles. The number of aliphatic hydroxyl groups is 2. The van der Waals surface area contributed by atoms with Gasteiger partial charge < -0.3 is 35.1 Å². The van der Waals surface area contributed by atoms with Crippen molar-refractivity contribution in [2.75, 3.05) is 26.1 Å². The Labute approximate surface area is 344 Å². The Kier molecular flexibility index (Phi) is 13.8. The molecule has 314 valence electrons. The van der Waals surface area contributed by atoms with Gasteiger partial charge in [0, 0.05) is 41.4 Å². The average molecular weight is 827 g/mol. The van der Waals surface area contributed by atoms with E-state index in [4.69, 9.17) is 14.2 Å². The molecule has 0 aliphatic carbocycles. The third-order valence-corrected chi connectivity index (χ3v) is 10.4. The first-order valence-corrected chi connectivity index (χ1v) is 19.2. The summed E-state index contributed by atoms with van der Waals surface area (Å²) in [6.07, 6.45) is -4.61. The monoisotopic (exact) mass is 826 g/mol. The summed E-state index contributed by atoms with van der Waals surface area (Å²) in [6, 6.07) is 32.0. The van der Waals surface area contributed by atoms with Gasteiger partial charge in [0.15, 0.2) is 0 Å². The summed E-state index contributed by atoms with van der Waals surface area (Å²) in [6.45, 7) is -0.176. The van der Waals surface area contributed by atoms with Crippen molar-refractivity contribution >= 4 is 23.7 Å². The molecule has 0 bridgehead atoms. The van der Waals surface area contributed by atoms with E-state index in [1.807, 2.05) is 59.9 Å². The summed E-state index contributed by atoms with van der Waals surface area (Å²) in [5.74, 6) is -1.71. The van der Waals surface area contributed by atoms with Crippen molar-refractivity contribution in [2.24, 2.45) is 0 Å². The predicted molar refractivity (Wildman–Crippen MR) is 218 cm³/mol. The van der Waals surface area contributed by atoms with Crippen LogP contribution >= 0.6 is 0 Å². The van der Waals surface area contributed by atoms with Gasteiger partial charge in [0.1, 0.15) is 35.8 Å². The Morgan fingerprint density at radius 2 is 1.48 bits per heavy atom. The van der Waals surface area contributed by atoms with Crippen LogP contribution in [0.5, 0.6) is 11.5 Å². The Morgan fingerprint density at radius 1 is 0.900 bits per heavy atom. The number of benzene rings is 4. The van der Waals surface area contributed by atoms with Crippen LogP contribution in [0.3, 0.4) is 0 Å². The number of anilines is 1. The number of para-hydroxylation sites is 2. The highest BCUT2D eigenvalue weighted by molar-refractivity contribution is 6.04. The number of unbranched alkanes of at least 4 members (excludes halogenated alkanes) is 2. The number of nitrogens with zero attached hydrogens (tertiary/aromatic N) is 2. The van der Waals surface area contributed by atoms with Crippen LogP contribution < -0.4 is 25.8 Å². The van der Waals surface area contributed by atoms with E-state index >= 15 is 0 Å². The molecular weight excluding hydrogens is 782 g/mol. The molecule has 15 heteroatoms. The lowest BCUT2D eigenvalue weighted by Gasteiger charge is -2.43. The van der Waals surface area contributed by atoms with Crippen molar-refractivity contribution in [3.8, 4) is 11.5 Å². The molecule has 2 heterocycles. The van der Waals surface area contributed by atoms with Crippen LogP contribution in [0.1, 0.15) is 64.5 Å². The van der Waals surface area contributed by atoms with Crippen LogP contribution in [0.25, 0.3) is 6.08 Å². The molecule has 60 heavy (non-hydrogen) atoms. The lowest BCUT2D eigenvalue weighted by Crippen LogP contribution is -2.51. The van der Waals surface area contributed by atoms with Gasteiger partial charge in [0.05, 0.1) is 25.7 Å². The predicted octanol–water partition coefficient (Wildman–Crippen LogP) is 6.42. The van der Waals surface area contributed by atoms with Gasteiger partial charge in [-0.25, -0.2) is 4.79 Å². The summed E-state index contributed by atoms with van der Waals surface area (Å²) in [4.78, 5) is 42.3. The number of methoxy groups -OCH3 is 2. The summed E-state index contributed by atoms with van der Waals surface area (Å²) >= 11 is 0. The lowest BCUT2D eigenvalue weighted by molar-refractivity contribution is -0.173. The standard InChI is InChI=1S/C45H45F3N4O8/c1-58-35-24-14-12-22-32(35)44(31-20-10-6-11-21-31,33-23-13-15-25-36(33)59-2)39(54)38-34(53)27-37(60-38)52-28-30(19-7-3-4-16-26-49-42(56)45(46,47)48)40(51-43(52)57)50-41(55)29-17-8-5-9-18-29/h5-15,17-25,28,34,37-39,53-54H,3-4,16,26-27H2,1-2H3,(H,49,56)(H,50,51,55,57)/b19-7+/t34-,37+,38-,39?/m0/s1. The van der Waals surface area contributed by atoms with E-state index in [1.54, 1.807) is 66.7 Å². The first-order chi connectivity index (χ1) is 28.9. The molecule has 0 radical (unpaired) electrons. The zero-order valence-corrected chi connectivity index (χ0v) is 32.8. The topological polar surface area (TPSA) is 161 Å². The molecule has 0 spiro atoms. The van der Waals surface area contributed by atoms with Crippen molar-refractivity contribution in [3.05, 3.63) is 160 Å². The number of hydrogen-bond donors (Lipinski definition) is 4. The number of aromatic nitrogens is 2. The maximum atomic E-state index is 13.8. The molecule has 1 unspecified atom stereocenters. The zero-order chi connectivity index (χ0) is 42.9. The SMILES string of the molecule is COc1ccccc1C(c1ccccc1)(c1ccccc1OC)C(O)[C@H]1O[C@@H](n2cc(/C=C/CCCCNC(=O)C(F)(F)F)c(NC(=O)c3ccccc3)nc2=O)C[C@@H]1O. The molecule has 0 saturated carbocycles. The Balaban J connectivity index is 1.36. The van der Waals surface area contributed by atoms with E-state index in [0.717, 1.165) is 0 Å². The number of nitrogens with one attached hydrogen (secondary N) is 2. The number of carbonyl (C=O) groups is 2. The first kappa shape index (κ1) is 43.3. The highest BCUT2D eigenvalue weighted by Gasteiger charge is 2.54. The smallest absolute Gasteiger partial charge is 0.471 e. The molecule has 6 rings (SSSR count). The van der Waals surface area contributed by atoms with Gasteiger partial charge in [0.25, 0.3) is 5.91 Å². The van der Waals surface area contributed by atoms with Crippen molar-refractivity contribution in [2.45, 2.75) is 61.8 Å². The third-order valence-electron chi connectivity index (χ3n) is 10.4. The van der Waals surface area contributed by atoms with Crippen molar-refractivity contribution < 1.29 is 47.2 Å². The van der Waals surface area contributed by atoms with E-state index in [2.05, 4.69) is 10.3 Å². The number of allylic oxidation sites excluding steroid dienone is 1. The maximum Gasteiger partial charge on any atom is 0.471 e. The molecule has 4 atom stereocenters. The second kappa shape index (κ2) is 19.2. The third kappa shape index (κ3) is 9.28. The molecule has 1 aliphatic rings. The number of aliphatic hydroxyl groups excluding tert-OH is 2. The minimum atomic E-state index is -4.97. The number of hydrogen-bond acceptors (Lipinski definition) is 9. The Morgan fingerprint density at radius 3 is 2.08 bits per heavy atom. The number of ether oxygens (including phenoxy) is 3. The second-order valence-corrected chi connectivity index (χ2v) is 14.1. The van der Waals surface area contributed by atoms with Gasteiger partial charge in [-0.15, -0.1) is 0 Å². The minimum absolute atomic E-state index is 0.0654. The molecule has 1 aromatic heterocycles. The van der Waals surface area contributed by atoms with E-state index in [1.165, 1.54) is 25.0 Å². The quantitative estimate of drug-likeness (QED) is 0.0651. The molecule has 12 nitrogen and oxygen atoms in total. The fraction of sp³-hybridized carbons (Fsp3) is 0.289. The van der Waals surface area contributed by atoms with Crippen molar-refractivity contribution in [1.82, 2.24) is 14.9 Å². The summed E-state index contributed by atoms with van der Waals surface area (Å²) in [7, 11) is 3.05. The van der Waals surface area contributed by atoms with Crippen molar-refractivity contribution in [3.63, 3.8) is 0 Å². The first-order valence-electron chi connectivity index (χ1n) is 19.2. The van der Waals surface area contributed by atoms with E-state index in [9.17, 15) is 37.8 Å². The fourth-order valence-corrected chi connectivity index (χ4v) is 7.55. The van der Waals surface area contributed by atoms with Gasteiger partial charge in [-0.1, -0.05) is 97.1 Å². The minimum Gasteiger partial charge on any atom is -0.496 e. The van der Waals surface area contributed by atoms with Gasteiger partial charge in [-0.2, -0.15) is 18.2 Å². The van der Waals surface area contributed by atoms with Crippen LogP contribution in [-0.4, -0.2) is 76.8 Å². The van der Waals surface area contributed by atoms with Gasteiger partial charge in [0.2, 0.25) is 0 Å². The largest absolute Gasteiger partial charge is 0.496 e. The van der Waals surface area contributed by atoms with Crippen LogP contribution in [-0.2, 0) is 14.9 Å². The zero-order valence-electron chi connectivity index (χ0n) is 32.8. The number of halogens is 3. The van der Waals surface area contributed by atoms with Crippen LogP contribution in [0.2, 0.25) is 0 Å². The molecule has 2 amide bonds. The van der Waals surface area contributed by atoms with Crippen LogP contribution in [0, 0.1) is 0 Å². The van der Waals surface area contributed by atoms with E-state index < -0.39 is 53.6 Å². The second-order valence-electron chi connectivity index (χ2n) is 14.1. The molecule has 1 saturated heterocycles. The maximum absolute atomic E-state index is 13.8. The summed E-state index contributed by atoms with van der Waals surface area (Å²) < 4.78 is 57.1. The molecule has 1 fully saturated rings. The average Bonchev–Trinajstić information content (AvgIpc) is 3.65. The molecule has 1 aliphatic heterocycles. The molecule has 5 aromatic rings. The number of carbonyl (C=O) groups excluding carboxylic acids is 2. The summed E-state index contributed by atoms with van der Waals surface area (Å²) in [5, 5.41) is 29.2. The normalized spacial score (nSPS) is 17.3. The van der Waals surface area contributed by atoms with Gasteiger partial charge in [-0.05, 0) is 49.1 Å². The number of alkyl halides is 3. The molecular formula is C45H45F3N4O8. The highest BCUT2D eigenvalue weighted by atomic mass is 19.4. The van der Waals surface area contributed by atoms with Gasteiger partial charge >= 0.3 is 17.8 Å². The number of amides is 2. The fourth-order valence-electron chi connectivity index (χ4n) is 7.55. The Hall–Kier alpha value is -6.29. The van der Waals surface area contributed by atoms with E-state index in [0.29, 0.717) is 46.6 Å². The number of rotatable bonds is 16. The van der Waals surface area contributed by atoms with Gasteiger partial charge in [-0.3, -0.25) is 14.2 Å². The molecule has 4 N–H and O–H groups in total.